The molecular weight excluding hydrogens is 268 g/mol. The average molecular weight is 284 g/mol. The van der Waals surface area contributed by atoms with E-state index in [0.29, 0.717) is 5.95 Å². The molecule has 0 saturated carbocycles. The molecule has 21 heavy (non-hydrogen) atoms. The number of ether oxygens (including phenoxy) is 1. The molecule has 0 saturated heterocycles. The molecule has 0 aliphatic rings. The molecule has 108 valence electrons. The molecule has 6 nitrogen and oxygen atoms in total. The Hall–Kier alpha value is -2.63. The first-order valence-corrected chi connectivity index (χ1v) is 6.67. The number of aromatic amines is 1. The second kappa shape index (κ2) is 5.05. The van der Waals surface area contributed by atoms with Crippen LogP contribution >= 0.6 is 0 Å². The number of aromatic nitrogens is 4. The molecule has 0 atom stereocenters. The molecule has 6 heteroatoms. The van der Waals surface area contributed by atoms with Crippen molar-refractivity contribution in [3.8, 4) is 5.95 Å². The second-order valence-electron chi connectivity index (χ2n) is 4.89. The Bertz CT molecular complexity index is 783. The van der Waals surface area contributed by atoms with Crippen LogP contribution in [0.4, 0.5) is 0 Å². The predicted octanol–water partition coefficient (Wildman–Crippen LogP) is 2.08. The van der Waals surface area contributed by atoms with Crippen molar-refractivity contribution in [3.05, 3.63) is 41.2 Å². The second-order valence-corrected chi connectivity index (χ2v) is 4.89. The van der Waals surface area contributed by atoms with Gasteiger partial charge in [0.05, 0.1) is 30.3 Å². The number of fused-ring (bicyclic) bond motifs is 1. The Balaban J connectivity index is 2.06. The SMILES string of the molecule is COC(=O)Cc1c(C)nn(-c2nc3ccccc3[nH]2)c1C. The molecule has 0 aliphatic heterocycles. The van der Waals surface area contributed by atoms with Gasteiger partial charge in [0.2, 0.25) is 5.95 Å². The zero-order valence-corrected chi connectivity index (χ0v) is 12.2. The van der Waals surface area contributed by atoms with Crippen LogP contribution in [-0.4, -0.2) is 32.8 Å². The summed E-state index contributed by atoms with van der Waals surface area (Å²) in [6.45, 7) is 3.80. The van der Waals surface area contributed by atoms with Crippen LogP contribution in [0.25, 0.3) is 17.0 Å². The minimum absolute atomic E-state index is 0.217. The third-order valence-corrected chi connectivity index (χ3v) is 3.57. The lowest BCUT2D eigenvalue weighted by molar-refractivity contribution is -0.139. The van der Waals surface area contributed by atoms with Crippen molar-refractivity contribution in [2.24, 2.45) is 0 Å². The monoisotopic (exact) mass is 284 g/mol. The van der Waals surface area contributed by atoms with E-state index in [0.717, 1.165) is 28.0 Å². The summed E-state index contributed by atoms with van der Waals surface area (Å²) < 4.78 is 6.46. The van der Waals surface area contributed by atoms with Gasteiger partial charge in [0.25, 0.3) is 0 Å². The first kappa shape index (κ1) is 13.4. The highest BCUT2D eigenvalue weighted by Gasteiger charge is 2.17. The highest BCUT2D eigenvalue weighted by molar-refractivity contribution is 5.76. The van der Waals surface area contributed by atoms with Crippen molar-refractivity contribution >= 4 is 17.0 Å². The van der Waals surface area contributed by atoms with Gasteiger partial charge in [-0.2, -0.15) is 5.10 Å². The lowest BCUT2D eigenvalue weighted by atomic mass is 10.1. The van der Waals surface area contributed by atoms with Gasteiger partial charge in [-0.15, -0.1) is 0 Å². The van der Waals surface area contributed by atoms with Crippen molar-refractivity contribution in [1.29, 1.82) is 0 Å². The fourth-order valence-electron chi connectivity index (χ4n) is 2.39. The van der Waals surface area contributed by atoms with E-state index in [2.05, 4.69) is 15.1 Å². The van der Waals surface area contributed by atoms with Crippen LogP contribution in [0.15, 0.2) is 24.3 Å². The number of imidazole rings is 1. The summed E-state index contributed by atoms with van der Waals surface area (Å²) in [6, 6.07) is 7.80. The van der Waals surface area contributed by atoms with E-state index in [-0.39, 0.29) is 12.4 Å². The van der Waals surface area contributed by atoms with Gasteiger partial charge in [0.15, 0.2) is 0 Å². The molecule has 1 N–H and O–H groups in total. The summed E-state index contributed by atoms with van der Waals surface area (Å²) in [7, 11) is 1.39. The summed E-state index contributed by atoms with van der Waals surface area (Å²) in [5, 5.41) is 4.48. The summed E-state index contributed by atoms with van der Waals surface area (Å²) in [6.07, 6.45) is 0.217. The highest BCUT2D eigenvalue weighted by atomic mass is 16.5. The summed E-state index contributed by atoms with van der Waals surface area (Å²) in [4.78, 5) is 19.2. The number of hydrogen-bond acceptors (Lipinski definition) is 4. The van der Waals surface area contributed by atoms with E-state index in [9.17, 15) is 4.79 Å². The zero-order chi connectivity index (χ0) is 15.0. The maximum Gasteiger partial charge on any atom is 0.310 e. The van der Waals surface area contributed by atoms with Crippen molar-refractivity contribution in [2.75, 3.05) is 7.11 Å². The third-order valence-electron chi connectivity index (χ3n) is 3.57. The number of rotatable bonds is 3. The molecule has 1 aromatic carbocycles. The number of hydrogen-bond donors (Lipinski definition) is 1. The number of nitrogens with zero attached hydrogens (tertiary/aromatic N) is 3. The van der Waals surface area contributed by atoms with Gasteiger partial charge in [-0.05, 0) is 26.0 Å². The lowest BCUT2D eigenvalue weighted by Crippen LogP contribution is -2.07. The van der Waals surface area contributed by atoms with Gasteiger partial charge >= 0.3 is 5.97 Å². The van der Waals surface area contributed by atoms with E-state index < -0.39 is 0 Å². The molecule has 3 rings (SSSR count). The molecule has 0 aliphatic carbocycles. The van der Waals surface area contributed by atoms with Crippen LogP contribution in [0.2, 0.25) is 0 Å². The lowest BCUT2D eigenvalue weighted by Gasteiger charge is -2.01. The Kier molecular flexibility index (Phi) is 3.21. The smallest absolute Gasteiger partial charge is 0.310 e. The maximum absolute atomic E-state index is 11.5. The van der Waals surface area contributed by atoms with Gasteiger partial charge < -0.3 is 9.72 Å². The largest absolute Gasteiger partial charge is 0.469 e. The number of H-pyrrole nitrogens is 1. The number of para-hydroxylation sites is 2. The minimum atomic E-state index is -0.273. The summed E-state index contributed by atoms with van der Waals surface area (Å²) >= 11 is 0. The number of esters is 1. The Morgan fingerprint density at radius 1 is 1.33 bits per heavy atom. The first-order valence-electron chi connectivity index (χ1n) is 6.67. The fourth-order valence-corrected chi connectivity index (χ4v) is 2.39. The number of benzene rings is 1. The molecule has 0 fully saturated rings. The average Bonchev–Trinajstić information content (AvgIpc) is 3.02. The molecule has 0 bridgehead atoms. The normalized spacial score (nSPS) is 11.0. The van der Waals surface area contributed by atoms with Crippen molar-refractivity contribution in [3.63, 3.8) is 0 Å². The highest BCUT2D eigenvalue weighted by Crippen LogP contribution is 2.19. The maximum atomic E-state index is 11.5. The molecular formula is C15H16N4O2. The number of aryl methyl sites for hydroxylation is 1. The van der Waals surface area contributed by atoms with Crippen molar-refractivity contribution in [1.82, 2.24) is 19.7 Å². The number of methoxy groups -OCH3 is 1. The molecule has 0 spiro atoms. The fraction of sp³-hybridized carbons (Fsp3) is 0.267. The van der Waals surface area contributed by atoms with E-state index >= 15 is 0 Å². The van der Waals surface area contributed by atoms with Gasteiger partial charge in [0.1, 0.15) is 0 Å². The van der Waals surface area contributed by atoms with Crippen LogP contribution in [-0.2, 0) is 16.0 Å². The first-order chi connectivity index (χ1) is 10.1. The molecule has 0 unspecified atom stereocenters. The van der Waals surface area contributed by atoms with Gasteiger partial charge in [-0.1, -0.05) is 12.1 Å². The Labute approximate surface area is 121 Å². The van der Waals surface area contributed by atoms with E-state index in [4.69, 9.17) is 4.74 Å². The van der Waals surface area contributed by atoms with E-state index in [1.165, 1.54) is 7.11 Å². The summed E-state index contributed by atoms with van der Waals surface area (Å²) in [5.74, 6) is 0.373. The Morgan fingerprint density at radius 2 is 2.10 bits per heavy atom. The molecule has 3 aromatic rings. The van der Waals surface area contributed by atoms with Crippen molar-refractivity contribution in [2.45, 2.75) is 20.3 Å². The van der Waals surface area contributed by atoms with Crippen LogP contribution in [0.3, 0.4) is 0 Å². The molecule has 0 amide bonds. The topological polar surface area (TPSA) is 72.8 Å². The standard InChI is InChI=1S/C15H16N4O2/c1-9-11(8-14(20)21-3)10(2)19(18-9)15-16-12-6-4-5-7-13(12)17-15/h4-7H,8H2,1-3H3,(H,16,17). The number of nitrogens with one attached hydrogen (secondary N) is 1. The van der Waals surface area contributed by atoms with E-state index in [1.807, 2.05) is 38.1 Å². The Morgan fingerprint density at radius 3 is 2.81 bits per heavy atom. The number of carbonyl (C=O) groups excluding carboxylic acids is 1. The van der Waals surface area contributed by atoms with Crippen molar-refractivity contribution < 1.29 is 9.53 Å². The van der Waals surface area contributed by atoms with Gasteiger partial charge in [-0.3, -0.25) is 4.79 Å². The third kappa shape index (κ3) is 2.29. The zero-order valence-electron chi connectivity index (χ0n) is 12.2. The molecule has 0 radical (unpaired) electrons. The molecule has 2 aromatic heterocycles. The van der Waals surface area contributed by atoms with E-state index in [1.54, 1.807) is 4.68 Å². The van der Waals surface area contributed by atoms with Crippen LogP contribution in [0.1, 0.15) is 17.0 Å². The number of carbonyl (C=O) groups is 1. The van der Waals surface area contributed by atoms with Gasteiger partial charge in [-0.25, -0.2) is 9.67 Å². The molecule has 2 heterocycles. The van der Waals surface area contributed by atoms with Crippen LogP contribution < -0.4 is 0 Å². The quantitative estimate of drug-likeness (QED) is 0.747. The van der Waals surface area contributed by atoms with Crippen LogP contribution in [0.5, 0.6) is 0 Å². The van der Waals surface area contributed by atoms with Gasteiger partial charge in [0, 0.05) is 11.3 Å². The van der Waals surface area contributed by atoms with Crippen LogP contribution in [0, 0.1) is 13.8 Å². The minimum Gasteiger partial charge on any atom is -0.469 e. The summed E-state index contributed by atoms with van der Waals surface area (Å²) in [5.41, 5.74) is 4.40. The predicted molar refractivity (Wildman–Crippen MR) is 78.4 cm³/mol.